The molecule has 0 aliphatic heterocycles. The zero-order valence-electron chi connectivity index (χ0n) is 17.7. The molecule has 2 amide bonds. The number of aryl methyl sites for hydroxylation is 1. The average Bonchev–Trinajstić information content (AvgIpc) is 2.70. The summed E-state index contributed by atoms with van der Waals surface area (Å²) in [6.45, 7) is 8.13. The molecule has 0 aromatic heterocycles. The first-order chi connectivity index (χ1) is 13.8. The molecule has 2 rings (SSSR count). The molecule has 0 saturated heterocycles. The van der Waals surface area contributed by atoms with Crippen LogP contribution in [0.1, 0.15) is 50.3 Å². The predicted octanol–water partition coefficient (Wildman–Crippen LogP) is 4.40. The number of hydrogen-bond donors (Lipinski definition) is 1. The summed E-state index contributed by atoms with van der Waals surface area (Å²) in [7, 11) is 0. The van der Waals surface area contributed by atoms with E-state index in [1.165, 1.54) is 6.07 Å². The van der Waals surface area contributed by atoms with Gasteiger partial charge < -0.3 is 10.2 Å². The van der Waals surface area contributed by atoms with Crippen LogP contribution in [0.2, 0.25) is 0 Å². The molecule has 29 heavy (non-hydrogen) atoms. The van der Waals surface area contributed by atoms with Crippen LogP contribution in [0.4, 0.5) is 4.39 Å². The maximum absolute atomic E-state index is 14.1. The Morgan fingerprint density at radius 2 is 1.69 bits per heavy atom. The summed E-state index contributed by atoms with van der Waals surface area (Å²) in [6.07, 6.45) is 1.21. The van der Waals surface area contributed by atoms with Gasteiger partial charge in [-0.2, -0.15) is 0 Å². The van der Waals surface area contributed by atoms with Crippen molar-refractivity contribution in [3.05, 3.63) is 71.0 Å². The van der Waals surface area contributed by atoms with Gasteiger partial charge in [0.2, 0.25) is 11.8 Å². The highest BCUT2D eigenvalue weighted by Gasteiger charge is 2.29. The van der Waals surface area contributed by atoms with Gasteiger partial charge in [-0.3, -0.25) is 9.59 Å². The molecular weight excluding hydrogens is 367 g/mol. The van der Waals surface area contributed by atoms with Crippen molar-refractivity contribution >= 4 is 11.8 Å². The molecule has 2 aromatic rings. The van der Waals surface area contributed by atoms with Crippen LogP contribution in [0.25, 0.3) is 0 Å². The molecule has 0 unspecified atom stereocenters. The van der Waals surface area contributed by atoms with Gasteiger partial charge in [-0.1, -0.05) is 61.9 Å². The molecule has 0 heterocycles. The lowest BCUT2D eigenvalue weighted by Crippen LogP contribution is -2.51. The molecular formula is C24H31FN2O2. The quantitative estimate of drug-likeness (QED) is 0.681. The zero-order chi connectivity index (χ0) is 21.4. The summed E-state index contributed by atoms with van der Waals surface area (Å²) in [5.41, 5.74) is 2.40. The normalized spacial score (nSPS) is 12.9. The van der Waals surface area contributed by atoms with E-state index in [2.05, 4.69) is 5.32 Å². The predicted molar refractivity (Wildman–Crippen MR) is 114 cm³/mol. The maximum Gasteiger partial charge on any atom is 0.243 e. The van der Waals surface area contributed by atoms with Crippen LogP contribution in [0.5, 0.6) is 0 Å². The Labute approximate surface area is 173 Å². The fourth-order valence-electron chi connectivity index (χ4n) is 3.16. The topological polar surface area (TPSA) is 49.4 Å². The lowest BCUT2D eigenvalue weighted by molar-refractivity contribution is -0.141. The van der Waals surface area contributed by atoms with E-state index in [1.54, 1.807) is 23.1 Å². The van der Waals surface area contributed by atoms with Gasteiger partial charge in [-0.25, -0.2) is 4.39 Å². The van der Waals surface area contributed by atoms with Crippen molar-refractivity contribution in [2.75, 3.05) is 0 Å². The van der Waals surface area contributed by atoms with Crippen molar-refractivity contribution < 1.29 is 14.0 Å². The Bertz CT molecular complexity index is 820. The second-order valence-corrected chi connectivity index (χ2v) is 7.52. The van der Waals surface area contributed by atoms with Gasteiger partial charge in [0, 0.05) is 12.6 Å². The number of halogens is 1. The number of benzene rings is 2. The number of rotatable bonds is 9. The molecule has 0 fully saturated rings. The minimum atomic E-state index is -0.607. The molecule has 2 atom stereocenters. The average molecular weight is 399 g/mol. The summed E-state index contributed by atoms with van der Waals surface area (Å²) < 4.78 is 14.1. The Kier molecular flexibility index (Phi) is 8.37. The van der Waals surface area contributed by atoms with Gasteiger partial charge in [0.05, 0.1) is 6.42 Å². The van der Waals surface area contributed by atoms with Crippen LogP contribution >= 0.6 is 0 Å². The number of nitrogens with zero attached hydrogens (tertiary/aromatic N) is 1. The summed E-state index contributed by atoms with van der Waals surface area (Å²) in [5.74, 6) is -0.842. The SMILES string of the molecule is CC[C@H](C(=O)N[C@@H](C)CC)N(Cc1ccc(C)cc1)C(=O)Cc1ccccc1F. The first-order valence-corrected chi connectivity index (χ1v) is 10.2. The fourth-order valence-corrected chi connectivity index (χ4v) is 3.16. The Balaban J connectivity index is 2.29. The van der Waals surface area contributed by atoms with Crippen molar-refractivity contribution in [1.82, 2.24) is 10.2 Å². The zero-order valence-corrected chi connectivity index (χ0v) is 17.7. The standard InChI is InChI=1S/C24H31FN2O2/c1-5-18(4)26-24(29)22(6-2)27(16-19-13-11-17(3)12-14-19)23(28)15-20-9-7-8-10-21(20)25/h7-14,18,22H,5-6,15-16H2,1-4H3,(H,26,29)/t18-,22+/m0/s1. The molecule has 0 spiro atoms. The molecule has 0 aliphatic carbocycles. The van der Waals surface area contributed by atoms with Crippen molar-refractivity contribution in [3.8, 4) is 0 Å². The number of hydrogen-bond acceptors (Lipinski definition) is 2. The summed E-state index contributed by atoms with van der Waals surface area (Å²) in [4.78, 5) is 27.6. The number of carbonyl (C=O) groups excluding carboxylic acids is 2. The van der Waals surface area contributed by atoms with Crippen LogP contribution in [0.3, 0.4) is 0 Å². The molecule has 156 valence electrons. The fraction of sp³-hybridized carbons (Fsp3) is 0.417. The van der Waals surface area contributed by atoms with Gasteiger partial charge in [-0.05, 0) is 43.9 Å². The van der Waals surface area contributed by atoms with E-state index in [4.69, 9.17) is 0 Å². The van der Waals surface area contributed by atoms with E-state index in [0.29, 0.717) is 18.5 Å². The van der Waals surface area contributed by atoms with E-state index < -0.39 is 11.9 Å². The van der Waals surface area contributed by atoms with Crippen molar-refractivity contribution in [1.29, 1.82) is 0 Å². The van der Waals surface area contributed by atoms with Gasteiger partial charge in [-0.15, -0.1) is 0 Å². The lowest BCUT2D eigenvalue weighted by atomic mass is 10.1. The van der Waals surface area contributed by atoms with Crippen LogP contribution in [-0.4, -0.2) is 28.8 Å². The molecule has 4 nitrogen and oxygen atoms in total. The van der Waals surface area contributed by atoms with Gasteiger partial charge in [0.15, 0.2) is 0 Å². The summed E-state index contributed by atoms with van der Waals surface area (Å²) >= 11 is 0. The highest BCUT2D eigenvalue weighted by Crippen LogP contribution is 2.17. The number of amides is 2. The molecule has 5 heteroatoms. The minimum Gasteiger partial charge on any atom is -0.352 e. The third kappa shape index (κ3) is 6.41. The lowest BCUT2D eigenvalue weighted by Gasteiger charge is -2.31. The second-order valence-electron chi connectivity index (χ2n) is 7.52. The molecule has 0 bridgehead atoms. The van der Waals surface area contributed by atoms with E-state index in [-0.39, 0.29) is 24.3 Å². The highest BCUT2D eigenvalue weighted by molar-refractivity contribution is 5.88. The molecule has 0 aliphatic rings. The van der Waals surface area contributed by atoms with Crippen molar-refractivity contribution in [2.24, 2.45) is 0 Å². The van der Waals surface area contributed by atoms with Gasteiger partial charge in [0.25, 0.3) is 0 Å². The summed E-state index contributed by atoms with van der Waals surface area (Å²) in [5, 5.41) is 2.98. The second kappa shape index (κ2) is 10.7. The molecule has 1 N–H and O–H groups in total. The Hall–Kier alpha value is -2.69. The van der Waals surface area contributed by atoms with Crippen LogP contribution in [0.15, 0.2) is 48.5 Å². The maximum atomic E-state index is 14.1. The first-order valence-electron chi connectivity index (χ1n) is 10.2. The van der Waals surface area contributed by atoms with Crippen molar-refractivity contribution in [3.63, 3.8) is 0 Å². The van der Waals surface area contributed by atoms with Crippen LogP contribution < -0.4 is 5.32 Å². The smallest absolute Gasteiger partial charge is 0.243 e. The van der Waals surface area contributed by atoms with Crippen LogP contribution in [-0.2, 0) is 22.6 Å². The monoisotopic (exact) mass is 398 g/mol. The number of nitrogens with one attached hydrogen (secondary N) is 1. The third-order valence-corrected chi connectivity index (χ3v) is 5.16. The van der Waals surface area contributed by atoms with Crippen LogP contribution in [0, 0.1) is 12.7 Å². The molecule has 0 radical (unpaired) electrons. The van der Waals surface area contributed by atoms with E-state index in [0.717, 1.165) is 17.5 Å². The third-order valence-electron chi connectivity index (χ3n) is 5.16. The highest BCUT2D eigenvalue weighted by atomic mass is 19.1. The molecule has 0 saturated carbocycles. The van der Waals surface area contributed by atoms with Gasteiger partial charge >= 0.3 is 0 Å². The van der Waals surface area contributed by atoms with E-state index in [1.807, 2.05) is 52.0 Å². The first kappa shape index (κ1) is 22.6. The Morgan fingerprint density at radius 3 is 2.28 bits per heavy atom. The largest absolute Gasteiger partial charge is 0.352 e. The van der Waals surface area contributed by atoms with E-state index >= 15 is 0 Å². The molecule has 2 aromatic carbocycles. The van der Waals surface area contributed by atoms with Crippen molar-refractivity contribution in [2.45, 2.75) is 65.6 Å². The number of carbonyl (C=O) groups is 2. The van der Waals surface area contributed by atoms with Gasteiger partial charge in [0.1, 0.15) is 11.9 Å². The summed E-state index contributed by atoms with van der Waals surface area (Å²) in [6, 6.07) is 13.6. The Morgan fingerprint density at radius 1 is 1.03 bits per heavy atom. The minimum absolute atomic E-state index is 0.0273. The van der Waals surface area contributed by atoms with E-state index in [9.17, 15) is 14.0 Å².